The van der Waals surface area contributed by atoms with Crippen LogP contribution in [0, 0.1) is 19.8 Å². The highest BCUT2D eigenvalue weighted by molar-refractivity contribution is 7.99. The van der Waals surface area contributed by atoms with Crippen molar-refractivity contribution in [3.63, 3.8) is 0 Å². The van der Waals surface area contributed by atoms with Gasteiger partial charge in [0, 0.05) is 24.2 Å². The van der Waals surface area contributed by atoms with Gasteiger partial charge in [-0.25, -0.2) is 9.78 Å². The monoisotopic (exact) mass is 442 g/mol. The van der Waals surface area contributed by atoms with Gasteiger partial charge >= 0.3 is 11.9 Å². The Bertz CT molecular complexity index is 970. The van der Waals surface area contributed by atoms with Crippen molar-refractivity contribution in [2.24, 2.45) is 5.92 Å². The summed E-state index contributed by atoms with van der Waals surface area (Å²) in [5.41, 5.74) is 2.53. The molecular formula is C23H26N2O5S. The molecule has 0 atom stereocenters. The Hall–Kier alpha value is -2.87. The Morgan fingerprint density at radius 3 is 2.61 bits per heavy atom. The molecule has 1 aliphatic rings. The van der Waals surface area contributed by atoms with Gasteiger partial charge in [0.25, 0.3) is 5.91 Å². The Labute approximate surface area is 186 Å². The molecule has 8 heteroatoms. The van der Waals surface area contributed by atoms with Crippen LogP contribution in [0.4, 0.5) is 0 Å². The number of piperidine rings is 1. The fourth-order valence-electron chi connectivity index (χ4n) is 3.38. The summed E-state index contributed by atoms with van der Waals surface area (Å²) in [7, 11) is 1.37. The van der Waals surface area contributed by atoms with Crippen molar-refractivity contribution >= 4 is 29.6 Å². The number of hydrogen-bond donors (Lipinski definition) is 0. The molecule has 0 saturated carbocycles. The fraction of sp³-hybridized carbons (Fsp3) is 0.391. The van der Waals surface area contributed by atoms with Gasteiger partial charge in [0.05, 0.1) is 18.6 Å². The molecule has 0 unspecified atom stereocenters. The minimum atomic E-state index is -0.585. The van der Waals surface area contributed by atoms with E-state index in [1.54, 1.807) is 23.2 Å². The summed E-state index contributed by atoms with van der Waals surface area (Å²) >= 11 is 1.40. The lowest BCUT2D eigenvalue weighted by atomic mass is 9.97. The largest absolute Gasteiger partial charge is 0.469 e. The van der Waals surface area contributed by atoms with E-state index in [0.29, 0.717) is 36.5 Å². The number of hydrogen-bond acceptors (Lipinski definition) is 7. The summed E-state index contributed by atoms with van der Waals surface area (Å²) in [5, 5.41) is 0.535. The molecule has 1 aliphatic heterocycles. The molecule has 7 nitrogen and oxygen atoms in total. The van der Waals surface area contributed by atoms with Crippen LogP contribution < -0.4 is 0 Å². The third-order valence-electron chi connectivity index (χ3n) is 5.25. The van der Waals surface area contributed by atoms with Crippen LogP contribution in [0.1, 0.15) is 34.3 Å². The smallest absolute Gasteiger partial charge is 0.341 e. The second-order valence-electron chi connectivity index (χ2n) is 7.48. The van der Waals surface area contributed by atoms with Crippen LogP contribution in [0.5, 0.6) is 0 Å². The second kappa shape index (κ2) is 10.4. The Morgan fingerprint density at radius 2 is 1.90 bits per heavy atom. The molecule has 31 heavy (non-hydrogen) atoms. The van der Waals surface area contributed by atoms with Crippen molar-refractivity contribution in [3.8, 4) is 0 Å². The molecule has 164 valence electrons. The molecule has 0 radical (unpaired) electrons. The number of nitrogens with zero attached hydrogens (tertiary/aromatic N) is 2. The summed E-state index contributed by atoms with van der Waals surface area (Å²) in [5.74, 6) is -1.29. The third-order valence-corrected chi connectivity index (χ3v) is 6.43. The zero-order valence-corrected chi connectivity index (χ0v) is 18.7. The van der Waals surface area contributed by atoms with Crippen LogP contribution in [0.2, 0.25) is 0 Å². The van der Waals surface area contributed by atoms with E-state index in [-0.39, 0.29) is 24.4 Å². The molecule has 1 aromatic heterocycles. The van der Waals surface area contributed by atoms with Crippen LogP contribution in [0.3, 0.4) is 0 Å². The van der Waals surface area contributed by atoms with Gasteiger partial charge in [0.1, 0.15) is 5.03 Å². The average Bonchev–Trinajstić information content (AvgIpc) is 2.79. The van der Waals surface area contributed by atoms with E-state index in [1.165, 1.54) is 18.9 Å². The van der Waals surface area contributed by atoms with Crippen LogP contribution in [-0.4, -0.2) is 54.5 Å². The van der Waals surface area contributed by atoms with Crippen molar-refractivity contribution in [1.29, 1.82) is 0 Å². The predicted octanol–water partition coefficient (Wildman–Crippen LogP) is 3.42. The Morgan fingerprint density at radius 1 is 1.16 bits per heavy atom. The first-order valence-corrected chi connectivity index (χ1v) is 10.9. The van der Waals surface area contributed by atoms with E-state index >= 15 is 0 Å². The zero-order valence-electron chi connectivity index (χ0n) is 17.9. The van der Waals surface area contributed by atoms with Gasteiger partial charge < -0.3 is 14.4 Å². The summed E-state index contributed by atoms with van der Waals surface area (Å²) in [6.45, 7) is 4.55. The lowest BCUT2D eigenvalue weighted by Crippen LogP contribution is -2.42. The SMILES string of the molecule is COC(=O)C1CCN(C(=O)COC(=O)c2cccnc2Sc2cc(C)ccc2C)CC1. The molecule has 0 N–H and O–H groups in total. The number of aromatic nitrogens is 1. The van der Waals surface area contributed by atoms with Gasteiger partial charge in [-0.15, -0.1) is 0 Å². The molecule has 3 rings (SSSR count). The molecule has 1 aromatic carbocycles. The van der Waals surface area contributed by atoms with Crippen LogP contribution >= 0.6 is 11.8 Å². The van der Waals surface area contributed by atoms with Crippen LogP contribution in [0.15, 0.2) is 46.5 Å². The maximum absolute atomic E-state index is 12.7. The topological polar surface area (TPSA) is 85.8 Å². The maximum Gasteiger partial charge on any atom is 0.341 e. The van der Waals surface area contributed by atoms with Gasteiger partial charge in [-0.2, -0.15) is 0 Å². The highest BCUT2D eigenvalue weighted by Crippen LogP contribution is 2.32. The molecule has 2 aromatic rings. The number of amides is 1. The van der Waals surface area contributed by atoms with E-state index in [1.807, 2.05) is 32.0 Å². The first-order valence-electron chi connectivity index (χ1n) is 10.1. The van der Waals surface area contributed by atoms with Gasteiger partial charge in [-0.3, -0.25) is 9.59 Å². The van der Waals surface area contributed by atoms with Crippen LogP contribution in [-0.2, 0) is 19.1 Å². The first kappa shape index (κ1) is 22.8. The number of likely N-dealkylation sites (tertiary alicyclic amines) is 1. The first-order chi connectivity index (χ1) is 14.9. The van der Waals surface area contributed by atoms with Gasteiger partial charge in [0.15, 0.2) is 6.61 Å². The van der Waals surface area contributed by atoms with Crippen molar-refractivity contribution in [2.45, 2.75) is 36.6 Å². The number of pyridine rings is 1. The summed E-state index contributed by atoms with van der Waals surface area (Å²) in [4.78, 5) is 43.7. The summed E-state index contributed by atoms with van der Waals surface area (Å²) in [6.07, 6.45) is 2.72. The number of carbonyl (C=O) groups excluding carboxylic acids is 3. The number of rotatable bonds is 6. The minimum Gasteiger partial charge on any atom is -0.469 e. The van der Waals surface area contributed by atoms with Gasteiger partial charge in [-0.1, -0.05) is 23.9 Å². The average molecular weight is 443 g/mol. The van der Waals surface area contributed by atoms with E-state index < -0.39 is 5.97 Å². The van der Waals surface area contributed by atoms with E-state index in [0.717, 1.165) is 16.0 Å². The van der Waals surface area contributed by atoms with Crippen molar-refractivity contribution in [1.82, 2.24) is 9.88 Å². The highest BCUT2D eigenvalue weighted by Gasteiger charge is 2.28. The summed E-state index contributed by atoms with van der Waals surface area (Å²) < 4.78 is 10.1. The van der Waals surface area contributed by atoms with Gasteiger partial charge in [-0.05, 0) is 56.0 Å². The Balaban J connectivity index is 1.59. The van der Waals surface area contributed by atoms with E-state index in [2.05, 4.69) is 4.98 Å². The van der Waals surface area contributed by atoms with Crippen molar-refractivity contribution in [3.05, 3.63) is 53.2 Å². The molecule has 2 heterocycles. The highest BCUT2D eigenvalue weighted by atomic mass is 32.2. The fourth-order valence-corrected chi connectivity index (χ4v) is 4.43. The number of aryl methyl sites for hydroxylation is 2. The second-order valence-corrected chi connectivity index (χ2v) is 8.51. The molecule has 1 saturated heterocycles. The standard InChI is InChI=1S/C23H26N2O5S/c1-15-6-7-16(2)19(13-15)31-21-18(5-4-10-24-21)23(28)30-14-20(26)25-11-8-17(9-12-25)22(27)29-3/h4-7,10,13,17H,8-9,11-12,14H2,1-3H3. The maximum atomic E-state index is 12.7. The third kappa shape index (κ3) is 5.85. The quantitative estimate of drug-likeness (QED) is 0.634. The number of methoxy groups -OCH3 is 1. The molecule has 0 spiro atoms. The zero-order chi connectivity index (χ0) is 22.4. The van der Waals surface area contributed by atoms with Gasteiger partial charge in [0.2, 0.25) is 0 Å². The number of carbonyl (C=O) groups is 3. The predicted molar refractivity (Wildman–Crippen MR) is 116 cm³/mol. The lowest BCUT2D eigenvalue weighted by Gasteiger charge is -2.30. The van der Waals surface area contributed by atoms with Crippen LogP contribution in [0.25, 0.3) is 0 Å². The van der Waals surface area contributed by atoms with Crippen molar-refractivity contribution < 1.29 is 23.9 Å². The summed E-state index contributed by atoms with van der Waals surface area (Å²) in [6, 6.07) is 9.43. The lowest BCUT2D eigenvalue weighted by molar-refractivity contribution is -0.149. The van der Waals surface area contributed by atoms with E-state index in [9.17, 15) is 14.4 Å². The number of ether oxygens (including phenoxy) is 2. The molecule has 1 fully saturated rings. The van der Waals surface area contributed by atoms with E-state index in [4.69, 9.17) is 9.47 Å². The molecule has 0 bridgehead atoms. The Kier molecular flexibility index (Phi) is 7.68. The van der Waals surface area contributed by atoms with Crippen molar-refractivity contribution in [2.75, 3.05) is 26.8 Å². The number of esters is 2. The molecule has 0 aliphatic carbocycles. The minimum absolute atomic E-state index is 0.184. The molecular weight excluding hydrogens is 416 g/mol. The molecule has 1 amide bonds. The normalized spacial score (nSPS) is 14.2. The number of benzene rings is 1.